The van der Waals surface area contributed by atoms with Gasteiger partial charge >= 0.3 is 6.18 Å². The van der Waals surface area contributed by atoms with Gasteiger partial charge in [0.15, 0.2) is 0 Å². The molecule has 3 unspecified atom stereocenters. The van der Waals surface area contributed by atoms with Gasteiger partial charge in [0.1, 0.15) is 0 Å². The Bertz CT molecular complexity index is 169. The highest BCUT2D eigenvalue weighted by atomic mass is 19.4. The van der Waals surface area contributed by atoms with Gasteiger partial charge in [0.25, 0.3) is 0 Å². The van der Waals surface area contributed by atoms with Gasteiger partial charge in [-0.15, -0.1) is 0 Å². The maximum atomic E-state index is 12.2. The molecule has 0 spiro atoms. The molecule has 0 saturated carbocycles. The average molecular weight is 198 g/mol. The van der Waals surface area contributed by atoms with Gasteiger partial charge in [0.05, 0.1) is 18.1 Å². The maximum Gasteiger partial charge on any atom is 0.394 e. The van der Waals surface area contributed by atoms with Crippen LogP contribution >= 0.6 is 0 Å². The molecule has 1 aliphatic heterocycles. The Balaban J connectivity index is 2.51. The Hall–Kier alpha value is -0.290. The lowest BCUT2D eigenvalue weighted by atomic mass is 9.95. The number of aliphatic hydroxyl groups is 1. The molecule has 1 N–H and O–H groups in total. The standard InChI is InChI=1S/C8H13F3O2/c1-5(8(9,10)11)7-4-6(12)2-3-13-7/h5-7,12H,2-4H2,1H3. The highest BCUT2D eigenvalue weighted by Crippen LogP contribution is 2.33. The van der Waals surface area contributed by atoms with Crippen LogP contribution in [0.4, 0.5) is 13.2 Å². The van der Waals surface area contributed by atoms with Gasteiger partial charge in [-0.25, -0.2) is 0 Å². The van der Waals surface area contributed by atoms with Gasteiger partial charge in [0.2, 0.25) is 0 Å². The summed E-state index contributed by atoms with van der Waals surface area (Å²) >= 11 is 0. The largest absolute Gasteiger partial charge is 0.394 e. The second kappa shape index (κ2) is 3.84. The first-order chi connectivity index (χ1) is 5.91. The molecule has 0 aromatic heterocycles. The van der Waals surface area contributed by atoms with Crippen LogP contribution in [0.15, 0.2) is 0 Å². The molecule has 1 saturated heterocycles. The average Bonchev–Trinajstić information content (AvgIpc) is 2.01. The van der Waals surface area contributed by atoms with Crippen LogP contribution in [0.2, 0.25) is 0 Å². The first-order valence-corrected chi connectivity index (χ1v) is 4.27. The first-order valence-electron chi connectivity index (χ1n) is 4.27. The summed E-state index contributed by atoms with van der Waals surface area (Å²) in [4.78, 5) is 0. The molecule has 0 aromatic carbocycles. The van der Waals surface area contributed by atoms with Crippen molar-refractivity contribution >= 4 is 0 Å². The van der Waals surface area contributed by atoms with Crippen molar-refractivity contribution in [2.24, 2.45) is 5.92 Å². The lowest BCUT2D eigenvalue weighted by Gasteiger charge is -2.31. The van der Waals surface area contributed by atoms with Crippen molar-refractivity contribution in [2.45, 2.75) is 38.1 Å². The van der Waals surface area contributed by atoms with E-state index in [9.17, 15) is 13.2 Å². The molecule has 1 heterocycles. The van der Waals surface area contributed by atoms with Crippen LogP contribution in [-0.2, 0) is 4.74 Å². The lowest BCUT2D eigenvalue weighted by Crippen LogP contribution is -2.39. The van der Waals surface area contributed by atoms with Gasteiger partial charge in [0, 0.05) is 13.0 Å². The molecule has 2 nitrogen and oxygen atoms in total. The topological polar surface area (TPSA) is 29.5 Å². The molecule has 0 amide bonds. The van der Waals surface area contributed by atoms with E-state index >= 15 is 0 Å². The Kier molecular flexibility index (Phi) is 3.18. The Labute approximate surface area is 74.7 Å². The quantitative estimate of drug-likeness (QED) is 0.695. The van der Waals surface area contributed by atoms with Crippen molar-refractivity contribution in [2.75, 3.05) is 6.61 Å². The van der Waals surface area contributed by atoms with E-state index in [4.69, 9.17) is 9.84 Å². The van der Waals surface area contributed by atoms with Crippen molar-refractivity contribution in [3.8, 4) is 0 Å². The van der Waals surface area contributed by atoms with E-state index in [2.05, 4.69) is 0 Å². The number of rotatable bonds is 1. The fraction of sp³-hybridized carbons (Fsp3) is 1.00. The Morgan fingerprint density at radius 1 is 1.46 bits per heavy atom. The third kappa shape index (κ3) is 2.84. The smallest absolute Gasteiger partial charge is 0.393 e. The van der Waals surface area contributed by atoms with Crippen LogP contribution in [0.1, 0.15) is 19.8 Å². The molecular formula is C8H13F3O2. The lowest BCUT2D eigenvalue weighted by molar-refractivity contribution is -0.212. The SMILES string of the molecule is CC(C1CC(O)CCO1)C(F)(F)F. The van der Waals surface area contributed by atoms with Gasteiger partial charge in [-0.1, -0.05) is 6.92 Å². The van der Waals surface area contributed by atoms with E-state index in [1.807, 2.05) is 0 Å². The van der Waals surface area contributed by atoms with Crippen LogP contribution < -0.4 is 0 Å². The van der Waals surface area contributed by atoms with E-state index in [-0.39, 0.29) is 13.0 Å². The summed E-state index contributed by atoms with van der Waals surface area (Å²) in [5, 5.41) is 9.15. The Morgan fingerprint density at radius 2 is 2.08 bits per heavy atom. The maximum absolute atomic E-state index is 12.2. The molecule has 5 heteroatoms. The summed E-state index contributed by atoms with van der Waals surface area (Å²) in [6.07, 6.45) is -5.25. The molecule has 13 heavy (non-hydrogen) atoms. The van der Waals surface area contributed by atoms with Gasteiger partial charge in [-0.2, -0.15) is 13.2 Å². The van der Waals surface area contributed by atoms with Gasteiger partial charge in [-0.3, -0.25) is 0 Å². The zero-order valence-corrected chi connectivity index (χ0v) is 7.34. The summed E-state index contributed by atoms with van der Waals surface area (Å²) in [7, 11) is 0. The van der Waals surface area contributed by atoms with Crippen LogP contribution in [0.3, 0.4) is 0 Å². The van der Waals surface area contributed by atoms with E-state index in [0.717, 1.165) is 6.92 Å². The molecule has 1 aliphatic rings. The minimum absolute atomic E-state index is 0.0840. The number of alkyl halides is 3. The van der Waals surface area contributed by atoms with Crippen molar-refractivity contribution in [3.63, 3.8) is 0 Å². The predicted molar refractivity (Wildman–Crippen MR) is 40.2 cm³/mol. The molecule has 0 aromatic rings. The molecule has 0 radical (unpaired) electrons. The summed E-state index contributed by atoms with van der Waals surface area (Å²) in [6.45, 7) is 1.30. The minimum atomic E-state index is -4.23. The Morgan fingerprint density at radius 3 is 2.54 bits per heavy atom. The highest BCUT2D eigenvalue weighted by Gasteiger charge is 2.43. The third-order valence-corrected chi connectivity index (χ3v) is 2.36. The van der Waals surface area contributed by atoms with Gasteiger partial charge in [-0.05, 0) is 6.42 Å². The molecule has 0 aliphatic carbocycles. The number of ether oxygens (including phenoxy) is 1. The molecule has 78 valence electrons. The van der Waals surface area contributed by atoms with E-state index < -0.39 is 24.3 Å². The zero-order chi connectivity index (χ0) is 10.1. The normalized spacial score (nSPS) is 33.0. The van der Waals surface area contributed by atoms with E-state index in [1.165, 1.54) is 0 Å². The molecular weight excluding hydrogens is 185 g/mol. The fourth-order valence-electron chi connectivity index (χ4n) is 1.37. The second-order valence-electron chi connectivity index (χ2n) is 3.42. The number of hydrogen-bond donors (Lipinski definition) is 1. The van der Waals surface area contributed by atoms with Crippen LogP contribution in [-0.4, -0.2) is 30.1 Å². The minimum Gasteiger partial charge on any atom is -0.393 e. The van der Waals surface area contributed by atoms with E-state index in [0.29, 0.717) is 6.42 Å². The van der Waals surface area contributed by atoms with Crippen molar-refractivity contribution in [1.82, 2.24) is 0 Å². The third-order valence-electron chi connectivity index (χ3n) is 2.36. The van der Waals surface area contributed by atoms with Crippen LogP contribution in [0.5, 0.6) is 0 Å². The zero-order valence-electron chi connectivity index (χ0n) is 7.34. The second-order valence-corrected chi connectivity index (χ2v) is 3.42. The summed E-state index contributed by atoms with van der Waals surface area (Å²) < 4.78 is 41.6. The molecule has 1 fully saturated rings. The van der Waals surface area contributed by atoms with Crippen molar-refractivity contribution < 1.29 is 23.0 Å². The van der Waals surface area contributed by atoms with Gasteiger partial charge < -0.3 is 9.84 Å². The highest BCUT2D eigenvalue weighted by molar-refractivity contribution is 4.78. The molecule has 1 rings (SSSR count). The number of hydrogen-bond acceptors (Lipinski definition) is 2. The van der Waals surface area contributed by atoms with E-state index in [1.54, 1.807) is 0 Å². The van der Waals surface area contributed by atoms with Crippen LogP contribution in [0, 0.1) is 5.92 Å². The molecule has 0 bridgehead atoms. The fourth-order valence-corrected chi connectivity index (χ4v) is 1.37. The predicted octanol–water partition coefficient (Wildman–Crippen LogP) is 1.72. The van der Waals surface area contributed by atoms with Crippen molar-refractivity contribution in [3.05, 3.63) is 0 Å². The molecule has 3 atom stereocenters. The summed E-state index contributed by atoms with van der Waals surface area (Å²) in [5.74, 6) is -1.50. The first kappa shape index (κ1) is 10.8. The van der Waals surface area contributed by atoms with Crippen molar-refractivity contribution in [1.29, 1.82) is 0 Å². The number of aliphatic hydroxyl groups excluding tert-OH is 1. The summed E-state index contributed by atoms with van der Waals surface area (Å²) in [6, 6.07) is 0. The van der Waals surface area contributed by atoms with Crippen LogP contribution in [0.25, 0.3) is 0 Å². The monoisotopic (exact) mass is 198 g/mol. The number of halogens is 3. The summed E-state index contributed by atoms with van der Waals surface area (Å²) in [5.41, 5.74) is 0.